The van der Waals surface area contributed by atoms with E-state index in [1.165, 1.54) is 16.5 Å². The van der Waals surface area contributed by atoms with Gasteiger partial charge in [-0.25, -0.2) is 4.98 Å². The van der Waals surface area contributed by atoms with Crippen molar-refractivity contribution in [2.45, 2.75) is 52.4 Å². The van der Waals surface area contributed by atoms with Crippen LogP contribution in [-0.2, 0) is 10.8 Å². The van der Waals surface area contributed by atoms with Crippen LogP contribution >= 0.6 is 0 Å². The predicted octanol–water partition coefficient (Wildman–Crippen LogP) is 4.16. The molecule has 0 saturated carbocycles. The van der Waals surface area contributed by atoms with Crippen LogP contribution in [0.2, 0.25) is 0 Å². The summed E-state index contributed by atoms with van der Waals surface area (Å²) in [5.41, 5.74) is 3.91. The summed E-state index contributed by atoms with van der Waals surface area (Å²) in [5.74, 6) is 0. The SMILES string of the molecule is CC(C)(C)c1cnc2[nH]cc(C(C)(C)C)c2c1. The second-order valence-corrected chi connectivity index (χ2v) is 6.82. The Morgan fingerprint density at radius 3 is 2.18 bits per heavy atom. The van der Waals surface area contributed by atoms with Crippen molar-refractivity contribution in [2.75, 3.05) is 0 Å². The number of H-pyrrole nitrogens is 1. The third-order valence-corrected chi connectivity index (χ3v) is 3.21. The molecule has 0 amide bonds. The minimum Gasteiger partial charge on any atom is -0.346 e. The highest BCUT2D eigenvalue weighted by Gasteiger charge is 2.21. The molecule has 92 valence electrons. The van der Waals surface area contributed by atoms with E-state index in [0.29, 0.717) is 0 Å². The minimum absolute atomic E-state index is 0.146. The Morgan fingerprint density at radius 1 is 1.00 bits per heavy atom. The zero-order valence-electron chi connectivity index (χ0n) is 11.7. The normalized spacial score (nSPS) is 13.3. The first-order valence-corrected chi connectivity index (χ1v) is 6.18. The standard InChI is InChI=1S/C15H22N2/c1-14(2,3)10-7-11-12(15(4,5)6)9-17-13(11)16-8-10/h7-9H,1-6H3,(H,16,17). The van der Waals surface area contributed by atoms with Crippen LogP contribution in [0.1, 0.15) is 52.7 Å². The van der Waals surface area contributed by atoms with Gasteiger partial charge in [-0.05, 0) is 28.0 Å². The van der Waals surface area contributed by atoms with Gasteiger partial charge in [-0.1, -0.05) is 41.5 Å². The summed E-state index contributed by atoms with van der Waals surface area (Å²) < 4.78 is 0. The van der Waals surface area contributed by atoms with E-state index in [0.717, 1.165) is 5.65 Å². The van der Waals surface area contributed by atoms with Crippen molar-refractivity contribution < 1.29 is 0 Å². The fourth-order valence-electron chi connectivity index (χ4n) is 2.03. The predicted molar refractivity (Wildman–Crippen MR) is 73.5 cm³/mol. The Morgan fingerprint density at radius 2 is 1.65 bits per heavy atom. The van der Waals surface area contributed by atoms with Gasteiger partial charge in [0.25, 0.3) is 0 Å². The number of nitrogens with one attached hydrogen (secondary N) is 1. The molecule has 0 aromatic carbocycles. The number of fused-ring (bicyclic) bond motifs is 1. The Bertz CT molecular complexity index is 536. The molecule has 2 heteroatoms. The molecular weight excluding hydrogens is 208 g/mol. The van der Waals surface area contributed by atoms with Gasteiger partial charge < -0.3 is 4.98 Å². The van der Waals surface area contributed by atoms with Crippen molar-refractivity contribution in [2.24, 2.45) is 0 Å². The average molecular weight is 230 g/mol. The van der Waals surface area contributed by atoms with Crippen molar-refractivity contribution in [1.29, 1.82) is 0 Å². The monoisotopic (exact) mass is 230 g/mol. The molecule has 1 N–H and O–H groups in total. The summed E-state index contributed by atoms with van der Waals surface area (Å²) in [6.45, 7) is 13.4. The number of rotatable bonds is 0. The first-order valence-electron chi connectivity index (χ1n) is 6.18. The van der Waals surface area contributed by atoms with E-state index in [2.05, 4.69) is 63.8 Å². The summed E-state index contributed by atoms with van der Waals surface area (Å²) in [6, 6.07) is 2.28. The van der Waals surface area contributed by atoms with Gasteiger partial charge in [-0.2, -0.15) is 0 Å². The molecule has 0 aliphatic carbocycles. The highest BCUT2D eigenvalue weighted by Crippen LogP contribution is 2.31. The smallest absolute Gasteiger partial charge is 0.137 e. The van der Waals surface area contributed by atoms with Crippen molar-refractivity contribution in [1.82, 2.24) is 9.97 Å². The van der Waals surface area contributed by atoms with Crippen molar-refractivity contribution in [3.63, 3.8) is 0 Å². The maximum absolute atomic E-state index is 4.53. The van der Waals surface area contributed by atoms with Gasteiger partial charge in [0.2, 0.25) is 0 Å². The average Bonchev–Trinajstić information content (AvgIpc) is 2.57. The lowest BCUT2D eigenvalue weighted by Crippen LogP contribution is -2.13. The largest absolute Gasteiger partial charge is 0.346 e. The number of aromatic nitrogens is 2. The van der Waals surface area contributed by atoms with Gasteiger partial charge in [0.05, 0.1) is 0 Å². The molecule has 0 radical (unpaired) electrons. The van der Waals surface area contributed by atoms with Crippen LogP contribution in [0.4, 0.5) is 0 Å². The van der Waals surface area contributed by atoms with Gasteiger partial charge in [0.15, 0.2) is 0 Å². The van der Waals surface area contributed by atoms with E-state index in [1.807, 2.05) is 6.20 Å². The number of hydrogen-bond acceptors (Lipinski definition) is 1. The molecule has 0 bridgehead atoms. The zero-order chi connectivity index (χ0) is 12.8. The van der Waals surface area contributed by atoms with E-state index in [1.54, 1.807) is 0 Å². The van der Waals surface area contributed by atoms with Crippen LogP contribution < -0.4 is 0 Å². The molecule has 2 nitrogen and oxygen atoms in total. The van der Waals surface area contributed by atoms with Gasteiger partial charge >= 0.3 is 0 Å². The molecule has 0 unspecified atom stereocenters. The van der Waals surface area contributed by atoms with Gasteiger partial charge in [0, 0.05) is 17.8 Å². The van der Waals surface area contributed by atoms with Crippen LogP contribution in [0.3, 0.4) is 0 Å². The number of pyridine rings is 1. The lowest BCUT2D eigenvalue weighted by Gasteiger charge is -2.20. The maximum atomic E-state index is 4.53. The number of nitrogens with zero attached hydrogens (tertiary/aromatic N) is 1. The van der Waals surface area contributed by atoms with Crippen molar-refractivity contribution in [3.8, 4) is 0 Å². The summed E-state index contributed by atoms with van der Waals surface area (Å²) in [5, 5.41) is 1.25. The second kappa shape index (κ2) is 3.59. The van der Waals surface area contributed by atoms with E-state index < -0.39 is 0 Å². The highest BCUT2D eigenvalue weighted by molar-refractivity contribution is 5.81. The molecular formula is C15H22N2. The third kappa shape index (κ3) is 2.21. The Kier molecular flexibility index (Phi) is 2.57. The fourth-order valence-corrected chi connectivity index (χ4v) is 2.03. The fraction of sp³-hybridized carbons (Fsp3) is 0.533. The summed E-state index contributed by atoms with van der Waals surface area (Å²) in [4.78, 5) is 7.79. The van der Waals surface area contributed by atoms with Crippen LogP contribution in [0.25, 0.3) is 11.0 Å². The van der Waals surface area contributed by atoms with Gasteiger partial charge in [-0.15, -0.1) is 0 Å². The first-order chi connectivity index (χ1) is 7.69. The topological polar surface area (TPSA) is 28.7 Å². The number of aromatic amines is 1. The van der Waals surface area contributed by atoms with E-state index in [-0.39, 0.29) is 10.8 Å². The molecule has 0 fully saturated rings. The minimum atomic E-state index is 0.146. The highest BCUT2D eigenvalue weighted by atomic mass is 14.8. The van der Waals surface area contributed by atoms with Crippen LogP contribution in [0, 0.1) is 0 Å². The molecule has 2 aromatic heterocycles. The van der Waals surface area contributed by atoms with Crippen LogP contribution in [0.5, 0.6) is 0 Å². The first kappa shape index (κ1) is 12.2. The molecule has 2 heterocycles. The summed E-state index contributed by atoms with van der Waals surface area (Å²) in [7, 11) is 0. The Balaban J connectivity index is 2.67. The Hall–Kier alpha value is -1.31. The second-order valence-electron chi connectivity index (χ2n) is 6.82. The van der Waals surface area contributed by atoms with Crippen LogP contribution in [-0.4, -0.2) is 9.97 Å². The molecule has 0 aliphatic heterocycles. The molecule has 2 rings (SSSR count). The lowest BCUT2D eigenvalue weighted by molar-refractivity contribution is 0.586. The van der Waals surface area contributed by atoms with E-state index in [4.69, 9.17) is 0 Å². The van der Waals surface area contributed by atoms with E-state index >= 15 is 0 Å². The summed E-state index contributed by atoms with van der Waals surface area (Å²) in [6.07, 6.45) is 4.06. The molecule has 0 atom stereocenters. The zero-order valence-corrected chi connectivity index (χ0v) is 11.7. The molecule has 17 heavy (non-hydrogen) atoms. The van der Waals surface area contributed by atoms with Crippen molar-refractivity contribution in [3.05, 3.63) is 29.6 Å². The summed E-state index contributed by atoms with van der Waals surface area (Å²) >= 11 is 0. The molecule has 0 saturated heterocycles. The maximum Gasteiger partial charge on any atom is 0.137 e. The van der Waals surface area contributed by atoms with Gasteiger partial charge in [0.1, 0.15) is 5.65 Å². The molecule has 0 spiro atoms. The Labute approximate surface area is 103 Å². The third-order valence-electron chi connectivity index (χ3n) is 3.21. The van der Waals surface area contributed by atoms with Crippen LogP contribution in [0.15, 0.2) is 18.5 Å². The van der Waals surface area contributed by atoms with Gasteiger partial charge in [-0.3, -0.25) is 0 Å². The lowest BCUT2D eigenvalue weighted by atomic mass is 9.84. The molecule has 0 aliphatic rings. The van der Waals surface area contributed by atoms with Crippen molar-refractivity contribution >= 4 is 11.0 Å². The van der Waals surface area contributed by atoms with E-state index in [9.17, 15) is 0 Å². The number of hydrogen-bond donors (Lipinski definition) is 1. The molecule has 2 aromatic rings. The quantitative estimate of drug-likeness (QED) is 0.723.